The Morgan fingerprint density at radius 2 is 1.68 bits per heavy atom. The van der Waals surface area contributed by atoms with Crippen LogP contribution in [0.4, 0.5) is 16.5 Å². The fourth-order valence-electron chi connectivity index (χ4n) is 3.01. The molecule has 0 radical (unpaired) electrons. The van der Waals surface area contributed by atoms with Crippen molar-refractivity contribution in [3.05, 3.63) is 84.0 Å². The van der Waals surface area contributed by atoms with Crippen LogP contribution in [0.15, 0.2) is 78.4 Å². The number of nitrogens with zero attached hydrogens (tertiary/aromatic N) is 2. The fraction of sp³-hybridized carbons (Fsp3) is 0.125. The van der Waals surface area contributed by atoms with E-state index in [4.69, 9.17) is 4.74 Å². The third-order valence-electron chi connectivity index (χ3n) is 4.50. The maximum absolute atomic E-state index is 12.3. The molecule has 2 aromatic heterocycles. The second-order valence-corrected chi connectivity index (χ2v) is 7.64. The maximum atomic E-state index is 12.3. The number of rotatable bonds is 8. The van der Waals surface area contributed by atoms with Crippen LogP contribution in [-0.4, -0.2) is 22.5 Å². The number of amides is 1. The molecule has 31 heavy (non-hydrogen) atoms. The number of hydrogen-bond donors (Lipinski definition) is 2. The Balaban J connectivity index is 1.32. The molecule has 0 atom stereocenters. The van der Waals surface area contributed by atoms with E-state index in [1.807, 2.05) is 73.0 Å². The van der Waals surface area contributed by atoms with Gasteiger partial charge >= 0.3 is 0 Å². The summed E-state index contributed by atoms with van der Waals surface area (Å²) in [6.45, 7) is 2.57. The second-order valence-electron chi connectivity index (χ2n) is 6.78. The van der Waals surface area contributed by atoms with Crippen molar-refractivity contribution < 1.29 is 9.53 Å². The number of anilines is 3. The van der Waals surface area contributed by atoms with Gasteiger partial charge in [-0.1, -0.05) is 12.1 Å². The first-order valence-corrected chi connectivity index (χ1v) is 10.8. The highest BCUT2D eigenvalue weighted by molar-refractivity contribution is 7.14. The fourth-order valence-corrected chi connectivity index (χ4v) is 3.75. The van der Waals surface area contributed by atoms with Gasteiger partial charge in [0.05, 0.1) is 18.7 Å². The van der Waals surface area contributed by atoms with E-state index in [0.29, 0.717) is 13.0 Å². The maximum Gasteiger partial charge on any atom is 0.228 e. The smallest absolute Gasteiger partial charge is 0.228 e. The van der Waals surface area contributed by atoms with Gasteiger partial charge in [0.1, 0.15) is 5.75 Å². The Morgan fingerprint density at radius 1 is 0.968 bits per heavy atom. The standard InChI is InChI=1S/C24H22N4O2S/c1-2-30-21-9-3-17(4-10-21)15-23(29)26-19-5-7-20(8-6-19)27-24-28-22(16-31-24)18-11-13-25-14-12-18/h3-14,16H,2,15H2,1H3,(H,26,29)(H,27,28). The first-order chi connectivity index (χ1) is 15.2. The molecule has 4 aromatic rings. The molecule has 2 heterocycles. The van der Waals surface area contributed by atoms with Crippen LogP contribution in [0, 0.1) is 0 Å². The quantitative estimate of drug-likeness (QED) is 0.384. The predicted molar refractivity (Wildman–Crippen MR) is 125 cm³/mol. The largest absolute Gasteiger partial charge is 0.494 e. The molecule has 0 aliphatic carbocycles. The summed E-state index contributed by atoms with van der Waals surface area (Å²) < 4.78 is 5.43. The molecule has 1 amide bonds. The highest BCUT2D eigenvalue weighted by Crippen LogP contribution is 2.27. The Hall–Kier alpha value is -3.71. The lowest BCUT2D eigenvalue weighted by atomic mass is 10.1. The number of aromatic nitrogens is 2. The van der Waals surface area contributed by atoms with Gasteiger partial charge in [0, 0.05) is 34.7 Å². The highest BCUT2D eigenvalue weighted by Gasteiger charge is 2.07. The highest BCUT2D eigenvalue weighted by atomic mass is 32.1. The Labute approximate surface area is 185 Å². The molecule has 0 spiro atoms. The van der Waals surface area contributed by atoms with Crippen LogP contribution in [0.25, 0.3) is 11.3 Å². The van der Waals surface area contributed by atoms with Crippen LogP contribution >= 0.6 is 11.3 Å². The molecule has 0 bridgehead atoms. The number of thiazole rings is 1. The number of carbonyl (C=O) groups is 1. The van der Waals surface area contributed by atoms with Crippen LogP contribution in [0.2, 0.25) is 0 Å². The third-order valence-corrected chi connectivity index (χ3v) is 5.26. The van der Waals surface area contributed by atoms with Crippen molar-refractivity contribution in [2.75, 3.05) is 17.2 Å². The molecule has 7 heteroatoms. The lowest BCUT2D eigenvalue weighted by Crippen LogP contribution is -2.14. The number of hydrogen-bond acceptors (Lipinski definition) is 6. The summed E-state index contributed by atoms with van der Waals surface area (Å²) in [7, 11) is 0. The molecule has 0 fully saturated rings. The SMILES string of the molecule is CCOc1ccc(CC(=O)Nc2ccc(Nc3nc(-c4ccncc4)cs3)cc2)cc1. The van der Waals surface area contributed by atoms with Gasteiger partial charge in [0.25, 0.3) is 0 Å². The summed E-state index contributed by atoms with van der Waals surface area (Å²) >= 11 is 1.54. The van der Waals surface area contributed by atoms with Gasteiger partial charge in [-0.25, -0.2) is 4.98 Å². The summed E-state index contributed by atoms with van der Waals surface area (Å²) in [4.78, 5) is 21.0. The monoisotopic (exact) mass is 430 g/mol. The van der Waals surface area contributed by atoms with Gasteiger partial charge in [-0.15, -0.1) is 11.3 Å². The molecule has 0 aliphatic rings. The van der Waals surface area contributed by atoms with Crippen molar-refractivity contribution in [2.45, 2.75) is 13.3 Å². The van der Waals surface area contributed by atoms with Crippen LogP contribution in [0.5, 0.6) is 5.75 Å². The van der Waals surface area contributed by atoms with Crippen molar-refractivity contribution in [1.82, 2.24) is 9.97 Å². The van der Waals surface area contributed by atoms with Crippen molar-refractivity contribution in [2.24, 2.45) is 0 Å². The van der Waals surface area contributed by atoms with Crippen molar-refractivity contribution >= 4 is 33.8 Å². The zero-order valence-corrected chi connectivity index (χ0v) is 17.9. The molecule has 4 rings (SSSR count). The second kappa shape index (κ2) is 9.86. The molecular formula is C24H22N4O2S. The summed E-state index contributed by atoms with van der Waals surface area (Å²) in [5, 5.41) is 9.04. The first kappa shape index (κ1) is 20.6. The van der Waals surface area contributed by atoms with E-state index in [-0.39, 0.29) is 5.91 Å². The lowest BCUT2D eigenvalue weighted by Gasteiger charge is -2.08. The van der Waals surface area contributed by atoms with Crippen LogP contribution in [0.1, 0.15) is 12.5 Å². The summed E-state index contributed by atoms with van der Waals surface area (Å²) in [6.07, 6.45) is 3.82. The van der Waals surface area contributed by atoms with Gasteiger partial charge in [-0.2, -0.15) is 0 Å². The number of nitrogens with one attached hydrogen (secondary N) is 2. The Morgan fingerprint density at radius 3 is 2.39 bits per heavy atom. The van der Waals surface area contributed by atoms with Gasteiger partial charge < -0.3 is 15.4 Å². The number of ether oxygens (including phenoxy) is 1. The van der Waals surface area contributed by atoms with E-state index in [9.17, 15) is 4.79 Å². The van der Waals surface area contributed by atoms with E-state index in [1.54, 1.807) is 12.4 Å². The molecular weight excluding hydrogens is 408 g/mol. The van der Waals surface area contributed by atoms with E-state index < -0.39 is 0 Å². The van der Waals surface area contributed by atoms with E-state index in [2.05, 4.69) is 20.6 Å². The predicted octanol–water partition coefficient (Wildman–Crippen LogP) is 5.53. The molecule has 6 nitrogen and oxygen atoms in total. The topological polar surface area (TPSA) is 76.1 Å². The van der Waals surface area contributed by atoms with Crippen molar-refractivity contribution in [3.8, 4) is 17.0 Å². The van der Waals surface area contributed by atoms with Gasteiger partial charge in [-0.3, -0.25) is 9.78 Å². The number of carbonyl (C=O) groups excluding carboxylic acids is 1. The summed E-state index contributed by atoms with van der Waals surface area (Å²) in [5.74, 6) is 0.745. The molecule has 0 saturated carbocycles. The summed E-state index contributed by atoms with van der Waals surface area (Å²) in [6, 6.07) is 19.0. The van der Waals surface area contributed by atoms with E-state index in [0.717, 1.165) is 39.1 Å². The van der Waals surface area contributed by atoms with Crippen LogP contribution < -0.4 is 15.4 Å². The molecule has 2 N–H and O–H groups in total. The normalized spacial score (nSPS) is 10.5. The molecule has 156 valence electrons. The minimum absolute atomic E-state index is 0.0632. The minimum Gasteiger partial charge on any atom is -0.494 e. The molecule has 0 unspecified atom stereocenters. The number of pyridine rings is 1. The van der Waals surface area contributed by atoms with Crippen molar-refractivity contribution in [3.63, 3.8) is 0 Å². The van der Waals surface area contributed by atoms with E-state index >= 15 is 0 Å². The van der Waals surface area contributed by atoms with Crippen LogP contribution in [0.3, 0.4) is 0 Å². The van der Waals surface area contributed by atoms with Crippen molar-refractivity contribution in [1.29, 1.82) is 0 Å². The Bertz CT molecular complexity index is 1130. The Kier molecular flexibility index (Phi) is 6.54. The zero-order chi connectivity index (χ0) is 21.5. The molecule has 2 aromatic carbocycles. The minimum atomic E-state index is -0.0632. The van der Waals surface area contributed by atoms with Crippen LogP contribution in [-0.2, 0) is 11.2 Å². The van der Waals surface area contributed by atoms with Gasteiger partial charge in [0.2, 0.25) is 5.91 Å². The third kappa shape index (κ3) is 5.67. The van der Waals surface area contributed by atoms with Gasteiger partial charge in [-0.05, 0) is 61.0 Å². The van der Waals surface area contributed by atoms with E-state index in [1.165, 1.54) is 11.3 Å². The zero-order valence-electron chi connectivity index (χ0n) is 17.0. The summed E-state index contributed by atoms with van der Waals surface area (Å²) in [5.41, 5.74) is 4.53. The van der Waals surface area contributed by atoms with Gasteiger partial charge in [0.15, 0.2) is 5.13 Å². The first-order valence-electron chi connectivity index (χ1n) is 9.94. The average Bonchev–Trinajstić information content (AvgIpc) is 3.26. The average molecular weight is 431 g/mol. The number of benzene rings is 2. The lowest BCUT2D eigenvalue weighted by molar-refractivity contribution is -0.115. The molecule has 0 saturated heterocycles. The molecule has 0 aliphatic heterocycles.